The van der Waals surface area contributed by atoms with Crippen molar-refractivity contribution in [2.45, 2.75) is 19.8 Å². The standard InChI is InChI=1S/C14H17NO3/c1-17-10-11-3-2-4-12(7-11)15-8-13-5-6-14(9-16)18-13/h2-7,15-16H,8-10H2,1H3. The highest BCUT2D eigenvalue weighted by molar-refractivity contribution is 5.45. The van der Waals surface area contributed by atoms with Crippen LogP contribution in [-0.2, 0) is 24.5 Å². The summed E-state index contributed by atoms with van der Waals surface area (Å²) in [5.41, 5.74) is 2.14. The fraction of sp³-hybridized carbons (Fsp3) is 0.286. The van der Waals surface area contributed by atoms with Gasteiger partial charge in [0, 0.05) is 12.8 Å². The predicted octanol–water partition coefficient (Wildman–Crippen LogP) is 2.53. The van der Waals surface area contributed by atoms with Crippen molar-refractivity contribution < 1.29 is 14.3 Å². The number of nitrogens with one attached hydrogen (secondary N) is 1. The number of methoxy groups -OCH3 is 1. The largest absolute Gasteiger partial charge is 0.462 e. The summed E-state index contributed by atoms with van der Waals surface area (Å²) in [7, 11) is 1.68. The first-order valence-electron chi connectivity index (χ1n) is 5.82. The minimum Gasteiger partial charge on any atom is -0.462 e. The summed E-state index contributed by atoms with van der Waals surface area (Å²) in [5.74, 6) is 1.39. The maximum atomic E-state index is 8.90. The number of hydrogen-bond acceptors (Lipinski definition) is 4. The summed E-state index contributed by atoms with van der Waals surface area (Å²) < 4.78 is 10.5. The number of aliphatic hydroxyl groups is 1. The molecule has 0 saturated carbocycles. The molecule has 0 radical (unpaired) electrons. The highest BCUT2D eigenvalue weighted by Gasteiger charge is 2.01. The van der Waals surface area contributed by atoms with Crippen molar-refractivity contribution in [3.63, 3.8) is 0 Å². The van der Waals surface area contributed by atoms with Crippen LogP contribution in [0.1, 0.15) is 17.1 Å². The lowest BCUT2D eigenvalue weighted by atomic mass is 10.2. The van der Waals surface area contributed by atoms with Gasteiger partial charge in [-0.2, -0.15) is 0 Å². The van der Waals surface area contributed by atoms with Crippen LogP contribution in [0.5, 0.6) is 0 Å². The number of anilines is 1. The minimum atomic E-state index is -0.0661. The first-order chi connectivity index (χ1) is 8.81. The zero-order valence-electron chi connectivity index (χ0n) is 10.3. The summed E-state index contributed by atoms with van der Waals surface area (Å²) in [6.07, 6.45) is 0. The maximum absolute atomic E-state index is 8.90. The molecule has 4 nitrogen and oxygen atoms in total. The molecule has 1 aromatic heterocycles. The molecule has 2 N–H and O–H groups in total. The highest BCUT2D eigenvalue weighted by atomic mass is 16.5. The van der Waals surface area contributed by atoms with Crippen molar-refractivity contribution in [2.24, 2.45) is 0 Å². The average Bonchev–Trinajstić information content (AvgIpc) is 2.85. The second-order valence-electron chi connectivity index (χ2n) is 4.01. The van der Waals surface area contributed by atoms with E-state index in [9.17, 15) is 0 Å². The summed E-state index contributed by atoms with van der Waals surface area (Å²) in [4.78, 5) is 0. The molecule has 0 unspecified atom stereocenters. The fourth-order valence-corrected chi connectivity index (χ4v) is 1.73. The Morgan fingerprint density at radius 2 is 2.06 bits per heavy atom. The molecule has 0 atom stereocenters. The van der Waals surface area contributed by atoms with Gasteiger partial charge in [-0.3, -0.25) is 0 Å². The molecule has 0 aliphatic carbocycles. The van der Waals surface area contributed by atoms with E-state index >= 15 is 0 Å². The Morgan fingerprint density at radius 3 is 2.78 bits per heavy atom. The lowest BCUT2D eigenvalue weighted by Crippen LogP contribution is -1.99. The van der Waals surface area contributed by atoms with E-state index in [0.29, 0.717) is 18.9 Å². The lowest BCUT2D eigenvalue weighted by molar-refractivity contribution is 0.185. The summed E-state index contributed by atoms with van der Waals surface area (Å²) in [5, 5.41) is 12.2. The minimum absolute atomic E-state index is 0.0661. The zero-order chi connectivity index (χ0) is 12.8. The molecule has 2 rings (SSSR count). The SMILES string of the molecule is COCc1cccc(NCc2ccc(CO)o2)c1. The van der Waals surface area contributed by atoms with Gasteiger partial charge in [-0.15, -0.1) is 0 Å². The molecule has 96 valence electrons. The molecule has 4 heteroatoms. The number of benzene rings is 1. The van der Waals surface area contributed by atoms with Crippen molar-refractivity contribution in [3.05, 3.63) is 53.5 Å². The molecule has 1 aromatic carbocycles. The van der Waals surface area contributed by atoms with Crippen LogP contribution in [0.4, 0.5) is 5.69 Å². The maximum Gasteiger partial charge on any atom is 0.129 e. The smallest absolute Gasteiger partial charge is 0.129 e. The van der Waals surface area contributed by atoms with Gasteiger partial charge in [-0.1, -0.05) is 12.1 Å². The summed E-state index contributed by atoms with van der Waals surface area (Å²) in [6, 6.07) is 11.7. The molecule has 0 aliphatic rings. The van der Waals surface area contributed by atoms with Crippen molar-refractivity contribution in [1.82, 2.24) is 0 Å². The van der Waals surface area contributed by atoms with Gasteiger partial charge in [0.15, 0.2) is 0 Å². The first-order valence-corrected chi connectivity index (χ1v) is 5.82. The topological polar surface area (TPSA) is 54.6 Å². The third kappa shape index (κ3) is 3.35. The van der Waals surface area contributed by atoms with E-state index in [0.717, 1.165) is 17.0 Å². The Kier molecular flexibility index (Phi) is 4.39. The second kappa shape index (κ2) is 6.23. The Balaban J connectivity index is 1.94. The molecule has 0 saturated heterocycles. The number of furan rings is 1. The number of ether oxygens (including phenoxy) is 1. The molecule has 18 heavy (non-hydrogen) atoms. The van der Waals surface area contributed by atoms with Crippen molar-refractivity contribution in [3.8, 4) is 0 Å². The quantitative estimate of drug-likeness (QED) is 0.823. The molecular weight excluding hydrogens is 230 g/mol. The van der Waals surface area contributed by atoms with Crippen LogP contribution in [0.15, 0.2) is 40.8 Å². The van der Waals surface area contributed by atoms with Crippen LogP contribution in [-0.4, -0.2) is 12.2 Å². The van der Waals surface area contributed by atoms with E-state index in [-0.39, 0.29) is 6.61 Å². The van der Waals surface area contributed by atoms with E-state index in [4.69, 9.17) is 14.3 Å². The molecule has 2 aromatic rings. The van der Waals surface area contributed by atoms with Gasteiger partial charge in [-0.25, -0.2) is 0 Å². The van der Waals surface area contributed by atoms with Crippen molar-refractivity contribution >= 4 is 5.69 Å². The Morgan fingerprint density at radius 1 is 1.22 bits per heavy atom. The zero-order valence-corrected chi connectivity index (χ0v) is 10.3. The molecular formula is C14H17NO3. The Labute approximate surface area is 106 Å². The normalized spacial score (nSPS) is 10.6. The summed E-state index contributed by atoms with van der Waals surface area (Å²) >= 11 is 0. The van der Waals surface area contributed by atoms with Gasteiger partial charge in [0.05, 0.1) is 13.2 Å². The predicted molar refractivity (Wildman–Crippen MR) is 69.1 cm³/mol. The number of aliphatic hydroxyl groups excluding tert-OH is 1. The fourth-order valence-electron chi connectivity index (χ4n) is 1.73. The van der Waals surface area contributed by atoms with Crippen molar-refractivity contribution in [2.75, 3.05) is 12.4 Å². The van der Waals surface area contributed by atoms with Crippen LogP contribution < -0.4 is 5.32 Å². The van der Waals surface area contributed by atoms with Crippen molar-refractivity contribution in [1.29, 1.82) is 0 Å². The second-order valence-corrected chi connectivity index (χ2v) is 4.01. The third-order valence-corrected chi connectivity index (χ3v) is 2.58. The van der Waals surface area contributed by atoms with Gasteiger partial charge in [-0.05, 0) is 29.8 Å². The van der Waals surface area contributed by atoms with E-state index in [2.05, 4.69) is 5.32 Å². The molecule has 1 heterocycles. The van der Waals surface area contributed by atoms with Gasteiger partial charge in [0.2, 0.25) is 0 Å². The van der Waals surface area contributed by atoms with E-state index in [1.165, 1.54) is 0 Å². The molecule has 0 fully saturated rings. The van der Waals surface area contributed by atoms with Gasteiger partial charge in [0.25, 0.3) is 0 Å². The van der Waals surface area contributed by atoms with Crippen LogP contribution in [0.3, 0.4) is 0 Å². The molecule has 0 aliphatic heterocycles. The Hall–Kier alpha value is -1.78. The highest BCUT2D eigenvalue weighted by Crippen LogP contribution is 2.14. The first kappa shape index (κ1) is 12.7. The van der Waals surface area contributed by atoms with Crippen LogP contribution >= 0.6 is 0 Å². The van der Waals surface area contributed by atoms with Crippen LogP contribution in [0.25, 0.3) is 0 Å². The summed E-state index contributed by atoms with van der Waals surface area (Å²) in [6.45, 7) is 1.13. The molecule has 0 bridgehead atoms. The van der Waals surface area contributed by atoms with Gasteiger partial charge in [0.1, 0.15) is 18.1 Å². The van der Waals surface area contributed by atoms with Gasteiger partial charge >= 0.3 is 0 Å². The van der Waals surface area contributed by atoms with Crippen LogP contribution in [0.2, 0.25) is 0 Å². The number of hydrogen-bond donors (Lipinski definition) is 2. The molecule has 0 spiro atoms. The van der Waals surface area contributed by atoms with E-state index in [1.54, 1.807) is 13.2 Å². The van der Waals surface area contributed by atoms with E-state index in [1.807, 2.05) is 30.3 Å². The Bertz CT molecular complexity index is 493. The monoisotopic (exact) mass is 247 g/mol. The molecule has 0 amide bonds. The van der Waals surface area contributed by atoms with Gasteiger partial charge < -0.3 is 19.6 Å². The van der Waals surface area contributed by atoms with Crippen LogP contribution in [0, 0.1) is 0 Å². The average molecular weight is 247 g/mol. The number of rotatable bonds is 6. The van der Waals surface area contributed by atoms with E-state index < -0.39 is 0 Å². The third-order valence-electron chi connectivity index (χ3n) is 2.58. The lowest BCUT2D eigenvalue weighted by Gasteiger charge is -2.06.